The van der Waals surface area contributed by atoms with Crippen molar-refractivity contribution in [3.05, 3.63) is 46.2 Å². The summed E-state index contributed by atoms with van der Waals surface area (Å²) in [7, 11) is 1.63. The molecule has 0 saturated carbocycles. The van der Waals surface area contributed by atoms with Crippen molar-refractivity contribution in [3.8, 4) is 17.0 Å². The van der Waals surface area contributed by atoms with Gasteiger partial charge >= 0.3 is 0 Å². The maximum absolute atomic E-state index is 12.6. The maximum atomic E-state index is 12.6. The van der Waals surface area contributed by atoms with Crippen LogP contribution in [0.25, 0.3) is 11.3 Å². The SMILES string of the molecule is CCc1onc(C)c1C(=O)Nc1nc(-c2ccc(OC)cc2)c(C)s1. The second-order valence-electron chi connectivity index (χ2n) is 5.53. The summed E-state index contributed by atoms with van der Waals surface area (Å²) in [4.78, 5) is 18.1. The molecule has 0 bridgehead atoms. The van der Waals surface area contributed by atoms with Crippen LogP contribution in [0.15, 0.2) is 28.8 Å². The maximum Gasteiger partial charge on any atom is 0.262 e. The molecule has 7 heteroatoms. The molecule has 25 heavy (non-hydrogen) atoms. The van der Waals surface area contributed by atoms with Crippen LogP contribution in [-0.4, -0.2) is 23.2 Å². The summed E-state index contributed by atoms with van der Waals surface area (Å²) in [5, 5.41) is 7.28. The third-order valence-electron chi connectivity index (χ3n) is 3.86. The van der Waals surface area contributed by atoms with E-state index in [9.17, 15) is 4.79 Å². The van der Waals surface area contributed by atoms with E-state index in [0.29, 0.717) is 28.6 Å². The fraction of sp³-hybridized carbons (Fsp3) is 0.278. The molecule has 0 aliphatic rings. The normalized spacial score (nSPS) is 10.7. The van der Waals surface area contributed by atoms with Crippen LogP contribution in [0.2, 0.25) is 0 Å². The van der Waals surface area contributed by atoms with E-state index in [1.807, 2.05) is 38.1 Å². The molecule has 0 atom stereocenters. The summed E-state index contributed by atoms with van der Waals surface area (Å²) in [6.07, 6.45) is 0.609. The minimum absolute atomic E-state index is 0.245. The Morgan fingerprint density at radius 3 is 2.64 bits per heavy atom. The average Bonchev–Trinajstić information content (AvgIpc) is 3.17. The third-order valence-corrected chi connectivity index (χ3v) is 4.75. The van der Waals surface area contributed by atoms with Crippen LogP contribution in [0, 0.1) is 13.8 Å². The number of ether oxygens (including phenoxy) is 1. The van der Waals surface area contributed by atoms with Gasteiger partial charge in [-0.3, -0.25) is 10.1 Å². The van der Waals surface area contributed by atoms with Gasteiger partial charge in [-0.2, -0.15) is 0 Å². The van der Waals surface area contributed by atoms with Crippen molar-refractivity contribution in [1.82, 2.24) is 10.1 Å². The molecule has 0 aliphatic heterocycles. The lowest BCUT2D eigenvalue weighted by atomic mass is 10.1. The highest BCUT2D eigenvalue weighted by Gasteiger charge is 2.21. The molecule has 0 radical (unpaired) electrons. The Balaban J connectivity index is 1.84. The Morgan fingerprint density at radius 2 is 2.00 bits per heavy atom. The molecule has 0 saturated heterocycles. The molecule has 1 amide bonds. The minimum Gasteiger partial charge on any atom is -0.497 e. The third kappa shape index (κ3) is 3.41. The van der Waals surface area contributed by atoms with Crippen molar-refractivity contribution in [2.24, 2.45) is 0 Å². The van der Waals surface area contributed by atoms with Gasteiger partial charge in [-0.15, -0.1) is 11.3 Å². The number of methoxy groups -OCH3 is 1. The van der Waals surface area contributed by atoms with Crippen LogP contribution >= 0.6 is 11.3 Å². The standard InChI is InChI=1S/C18H19N3O3S/c1-5-14-15(10(2)21-24-14)17(22)20-18-19-16(11(3)25-18)12-6-8-13(23-4)9-7-12/h6-9H,5H2,1-4H3,(H,19,20,22). The predicted octanol–water partition coefficient (Wildman–Crippen LogP) is 4.24. The summed E-state index contributed by atoms with van der Waals surface area (Å²) in [5.74, 6) is 1.13. The van der Waals surface area contributed by atoms with Gasteiger partial charge in [0, 0.05) is 16.9 Å². The summed E-state index contributed by atoms with van der Waals surface area (Å²) in [5.41, 5.74) is 2.89. The molecule has 2 heterocycles. The van der Waals surface area contributed by atoms with Crippen molar-refractivity contribution >= 4 is 22.4 Å². The van der Waals surface area contributed by atoms with Crippen molar-refractivity contribution < 1.29 is 14.1 Å². The molecule has 0 spiro atoms. The number of benzene rings is 1. The first-order valence-electron chi connectivity index (χ1n) is 7.91. The van der Waals surface area contributed by atoms with E-state index in [-0.39, 0.29) is 5.91 Å². The smallest absolute Gasteiger partial charge is 0.262 e. The highest BCUT2D eigenvalue weighted by molar-refractivity contribution is 7.16. The number of carbonyl (C=O) groups is 1. The molecular weight excluding hydrogens is 338 g/mol. The van der Waals surface area contributed by atoms with Gasteiger partial charge in [-0.05, 0) is 38.1 Å². The van der Waals surface area contributed by atoms with Gasteiger partial charge in [0.15, 0.2) is 5.13 Å². The molecule has 130 valence electrons. The topological polar surface area (TPSA) is 77.3 Å². The van der Waals surface area contributed by atoms with E-state index >= 15 is 0 Å². The zero-order valence-corrected chi connectivity index (χ0v) is 15.4. The van der Waals surface area contributed by atoms with Gasteiger partial charge < -0.3 is 9.26 Å². The Kier molecular flexibility index (Phi) is 4.85. The molecule has 2 aromatic heterocycles. The van der Waals surface area contributed by atoms with Crippen LogP contribution in [0.4, 0.5) is 5.13 Å². The lowest BCUT2D eigenvalue weighted by molar-refractivity contribution is 0.102. The molecule has 3 aromatic rings. The zero-order valence-electron chi connectivity index (χ0n) is 14.5. The van der Waals surface area contributed by atoms with Gasteiger partial charge in [0.2, 0.25) is 0 Å². The molecule has 0 unspecified atom stereocenters. The van der Waals surface area contributed by atoms with Crippen LogP contribution in [0.1, 0.15) is 33.6 Å². The lowest BCUT2D eigenvalue weighted by Gasteiger charge is -2.02. The average molecular weight is 357 g/mol. The summed E-state index contributed by atoms with van der Waals surface area (Å²) >= 11 is 1.44. The number of hydrogen-bond acceptors (Lipinski definition) is 6. The van der Waals surface area contributed by atoms with Crippen LogP contribution in [0.5, 0.6) is 5.75 Å². The minimum atomic E-state index is -0.245. The van der Waals surface area contributed by atoms with E-state index in [1.54, 1.807) is 14.0 Å². The fourth-order valence-corrected chi connectivity index (χ4v) is 3.41. The number of nitrogens with one attached hydrogen (secondary N) is 1. The second kappa shape index (κ2) is 7.06. The van der Waals surface area contributed by atoms with Gasteiger partial charge in [0.05, 0.1) is 18.5 Å². The molecule has 1 N–H and O–H groups in total. The Morgan fingerprint density at radius 1 is 1.28 bits per heavy atom. The largest absolute Gasteiger partial charge is 0.497 e. The van der Waals surface area contributed by atoms with Crippen LogP contribution < -0.4 is 10.1 Å². The monoisotopic (exact) mass is 357 g/mol. The van der Waals surface area contributed by atoms with Gasteiger partial charge in [0.1, 0.15) is 17.1 Å². The zero-order chi connectivity index (χ0) is 18.0. The molecule has 6 nitrogen and oxygen atoms in total. The van der Waals surface area contributed by atoms with E-state index in [2.05, 4.69) is 15.5 Å². The van der Waals surface area contributed by atoms with Gasteiger partial charge in [0.25, 0.3) is 5.91 Å². The first-order valence-corrected chi connectivity index (χ1v) is 8.73. The van der Waals surface area contributed by atoms with Gasteiger partial charge in [-0.25, -0.2) is 4.98 Å². The predicted molar refractivity (Wildman–Crippen MR) is 97.4 cm³/mol. The first-order chi connectivity index (χ1) is 12.0. The Labute approximate surface area is 149 Å². The van der Waals surface area contributed by atoms with Gasteiger partial charge in [-0.1, -0.05) is 12.1 Å². The summed E-state index contributed by atoms with van der Waals surface area (Å²) < 4.78 is 10.4. The number of thiazole rings is 1. The highest BCUT2D eigenvalue weighted by atomic mass is 32.1. The van der Waals surface area contributed by atoms with Crippen molar-refractivity contribution in [3.63, 3.8) is 0 Å². The first kappa shape index (κ1) is 17.2. The van der Waals surface area contributed by atoms with Crippen molar-refractivity contribution in [1.29, 1.82) is 0 Å². The molecule has 0 aliphatic carbocycles. The Hall–Kier alpha value is -2.67. The van der Waals surface area contributed by atoms with E-state index in [1.165, 1.54) is 11.3 Å². The molecule has 3 rings (SSSR count). The number of aromatic nitrogens is 2. The molecular formula is C18H19N3O3S. The second-order valence-corrected chi connectivity index (χ2v) is 6.73. The number of anilines is 1. The molecule has 0 fully saturated rings. The van der Waals surface area contributed by atoms with Crippen LogP contribution in [-0.2, 0) is 6.42 Å². The molecule has 1 aromatic carbocycles. The summed E-state index contributed by atoms with van der Waals surface area (Å²) in [6, 6.07) is 7.68. The number of carbonyl (C=O) groups excluding carboxylic acids is 1. The summed E-state index contributed by atoms with van der Waals surface area (Å²) in [6.45, 7) is 5.66. The van der Waals surface area contributed by atoms with E-state index in [0.717, 1.165) is 21.9 Å². The Bertz CT molecular complexity index is 897. The fourth-order valence-electron chi connectivity index (χ4n) is 2.58. The van der Waals surface area contributed by atoms with Crippen LogP contribution in [0.3, 0.4) is 0 Å². The van der Waals surface area contributed by atoms with Crippen molar-refractivity contribution in [2.75, 3.05) is 12.4 Å². The number of nitrogens with zero attached hydrogens (tertiary/aromatic N) is 2. The number of hydrogen-bond donors (Lipinski definition) is 1. The lowest BCUT2D eigenvalue weighted by Crippen LogP contribution is -2.14. The van der Waals surface area contributed by atoms with Crippen molar-refractivity contribution in [2.45, 2.75) is 27.2 Å². The number of rotatable bonds is 5. The van der Waals surface area contributed by atoms with E-state index < -0.39 is 0 Å². The van der Waals surface area contributed by atoms with E-state index in [4.69, 9.17) is 9.26 Å². The quantitative estimate of drug-likeness (QED) is 0.739. The number of amides is 1. The number of aryl methyl sites for hydroxylation is 3. The highest BCUT2D eigenvalue weighted by Crippen LogP contribution is 2.31.